The van der Waals surface area contributed by atoms with Crippen LogP contribution in [0.4, 0.5) is 0 Å². The average molecular weight is 509 g/mol. The van der Waals surface area contributed by atoms with Gasteiger partial charge in [-0.15, -0.1) is 22.7 Å². The summed E-state index contributed by atoms with van der Waals surface area (Å²) in [6.07, 6.45) is 3.12. The molecule has 1 fully saturated rings. The second-order valence-corrected chi connectivity index (χ2v) is 11.7. The van der Waals surface area contributed by atoms with Crippen molar-refractivity contribution in [3.63, 3.8) is 0 Å². The van der Waals surface area contributed by atoms with Gasteiger partial charge in [0.25, 0.3) is 5.91 Å². The lowest BCUT2D eigenvalue weighted by molar-refractivity contribution is -0.135. The summed E-state index contributed by atoms with van der Waals surface area (Å²) in [5.41, 5.74) is 2.45. The Morgan fingerprint density at radius 2 is 1.89 bits per heavy atom. The number of fused-ring (bicyclic) bond motifs is 1. The largest absolute Gasteiger partial charge is 0.491 e. The van der Waals surface area contributed by atoms with Crippen LogP contribution in [-0.2, 0) is 11.2 Å². The fourth-order valence-electron chi connectivity index (χ4n) is 4.64. The maximum Gasteiger partial charge on any atom is 0.264 e. The van der Waals surface area contributed by atoms with Crippen LogP contribution in [0.15, 0.2) is 53.2 Å². The highest BCUT2D eigenvalue weighted by Gasteiger charge is 2.35. The molecule has 184 valence electrons. The molecule has 1 aliphatic carbocycles. The fraction of sp³-hybridized carbons (Fsp3) is 0.429. The number of nitrogens with zero attached hydrogens (tertiary/aromatic N) is 2. The van der Waals surface area contributed by atoms with Gasteiger partial charge in [-0.05, 0) is 77.3 Å². The summed E-state index contributed by atoms with van der Waals surface area (Å²) in [7, 11) is 0. The quantitative estimate of drug-likeness (QED) is 0.357. The van der Waals surface area contributed by atoms with Crippen molar-refractivity contribution in [2.75, 3.05) is 26.2 Å². The zero-order valence-corrected chi connectivity index (χ0v) is 21.9. The molecule has 0 saturated heterocycles. The molecule has 2 aliphatic rings. The van der Waals surface area contributed by atoms with E-state index < -0.39 is 0 Å². The number of hydrogen-bond donors (Lipinski definition) is 0. The van der Waals surface area contributed by atoms with Crippen LogP contribution in [0, 0.1) is 5.92 Å². The minimum absolute atomic E-state index is 0.00355. The standard InChI is InChI=1S/C28H32N2O3S2/c1-19(2)21-7-9-22(10-8-21)33-18-24-23-12-15-35-25(23)11-13-30(24)27(31)17-29(16-20-5-6-20)28(32)26-4-3-14-34-26/h3-4,7-10,12,14-15,19-20,24H,5-6,11,13,16-18H2,1-2H3/t24-/m1/s1. The van der Waals surface area contributed by atoms with E-state index in [1.54, 1.807) is 16.2 Å². The lowest BCUT2D eigenvalue weighted by Gasteiger charge is -2.37. The van der Waals surface area contributed by atoms with E-state index in [1.807, 2.05) is 34.5 Å². The van der Waals surface area contributed by atoms with Gasteiger partial charge in [-0.3, -0.25) is 9.59 Å². The molecule has 3 heterocycles. The predicted octanol–water partition coefficient (Wildman–Crippen LogP) is 5.99. The van der Waals surface area contributed by atoms with Gasteiger partial charge in [-0.2, -0.15) is 0 Å². The molecule has 0 N–H and O–H groups in total. The van der Waals surface area contributed by atoms with E-state index in [9.17, 15) is 9.59 Å². The Kier molecular flexibility index (Phi) is 7.25. The van der Waals surface area contributed by atoms with Crippen LogP contribution < -0.4 is 4.74 Å². The second-order valence-electron chi connectivity index (χ2n) is 9.79. The number of carbonyl (C=O) groups excluding carboxylic acids is 2. The third-order valence-corrected chi connectivity index (χ3v) is 8.75. The van der Waals surface area contributed by atoms with Gasteiger partial charge in [0.2, 0.25) is 5.91 Å². The topological polar surface area (TPSA) is 49.9 Å². The Hall–Kier alpha value is -2.64. The first kappa shape index (κ1) is 24.1. The van der Waals surface area contributed by atoms with Gasteiger partial charge in [-0.1, -0.05) is 32.0 Å². The minimum Gasteiger partial charge on any atom is -0.491 e. The van der Waals surface area contributed by atoms with E-state index in [2.05, 4.69) is 37.4 Å². The van der Waals surface area contributed by atoms with E-state index >= 15 is 0 Å². The molecule has 5 nitrogen and oxygen atoms in total. The molecule has 1 aromatic carbocycles. The molecular weight excluding hydrogens is 476 g/mol. The summed E-state index contributed by atoms with van der Waals surface area (Å²) in [5.74, 6) is 1.76. The van der Waals surface area contributed by atoms with Crippen LogP contribution in [0.1, 0.15) is 64.3 Å². The Labute approximate surface area is 215 Å². The molecule has 0 bridgehead atoms. The van der Waals surface area contributed by atoms with Crippen LogP contribution in [0.2, 0.25) is 0 Å². The number of rotatable bonds is 9. The van der Waals surface area contributed by atoms with Crippen molar-refractivity contribution in [1.29, 1.82) is 0 Å². The van der Waals surface area contributed by atoms with Crippen LogP contribution in [0.5, 0.6) is 5.75 Å². The van der Waals surface area contributed by atoms with Crippen LogP contribution >= 0.6 is 22.7 Å². The lowest BCUT2D eigenvalue weighted by atomic mass is 10.00. The zero-order chi connectivity index (χ0) is 24.4. The summed E-state index contributed by atoms with van der Waals surface area (Å²) >= 11 is 3.18. The van der Waals surface area contributed by atoms with Crippen molar-refractivity contribution in [3.05, 3.63) is 74.1 Å². The number of benzene rings is 1. The van der Waals surface area contributed by atoms with Crippen LogP contribution in [0.3, 0.4) is 0 Å². The Morgan fingerprint density at radius 1 is 1.09 bits per heavy atom. The Morgan fingerprint density at radius 3 is 2.57 bits per heavy atom. The Bertz CT molecular complexity index is 1150. The maximum atomic E-state index is 13.6. The number of hydrogen-bond acceptors (Lipinski definition) is 5. The Balaban J connectivity index is 1.31. The third-order valence-electron chi connectivity index (χ3n) is 6.89. The molecule has 0 radical (unpaired) electrons. The molecule has 3 aromatic rings. The highest BCUT2D eigenvalue weighted by Crippen LogP contribution is 2.35. The first-order valence-electron chi connectivity index (χ1n) is 12.4. The molecule has 5 rings (SSSR count). The lowest BCUT2D eigenvalue weighted by Crippen LogP contribution is -2.48. The smallest absolute Gasteiger partial charge is 0.264 e. The van der Waals surface area contributed by atoms with Crippen molar-refractivity contribution >= 4 is 34.5 Å². The summed E-state index contributed by atoms with van der Waals surface area (Å²) in [6.45, 7) is 6.18. The van der Waals surface area contributed by atoms with Crippen LogP contribution in [-0.4, -0.2) is 47.9 Å². The van der Waals surface area contributed by atoms with Gasteiger partial charge < -0.3 is 14.5 Å². The third kappa shape index (κ3) is 5.62. The maximum absolute atomic E-state index is 13.6. The van der Waals surface area contributed by atoms with E-state index in [4.69, 9.17) is 4.74 Å². The SMILES string of the molecule is CC(C)c1ccc(OC[C@@H]2c3ccsc3CCN2C(=O)CN(CC2CC2)C(=O)c2cccs2)cc1. The van der Waals surface area contributed by atoms with Crippen molar-refractivity contribution in [2.45, 2.75) is 45.1 Å². The van der Waals surface area contributed by atoms with Crippen molar-refractivity contribution in [1.82, 2.24) is 9.80 Å². The predicted molar refractivity (Wildman–Crippen MR) is 141 cm³/mol. The minimum atomic E-state index is -0.151. The fourth-order valence-corrected chi connectivity index (χ4v) is 6.26. The second kappa shape index (κ2) is 10.5. The van der Waals surface area contributed by atoms with E-state index in [1.165, 1.54) is 27.3 Å². The number of thiophene rings is 2. The monoisotopic (exact) mass is 508 g/mol. The molecule has 7 heteroatoms. The first-order chi connectivity index (χ1) is 17.0. The highest BCUT2D eigenvalue weighted by atomic mass is 32.1. The zero-order valence-electron chi connectivity index (χ0n) is 20.3. The van der Waals surface area contributed by atoms with E-state index in [0.29, 0.717) is 36.4 Å². The molecule has 0 unspecified atom stereocenters. The molecule has 0 spiro atoms. The molecule has 2 amide bonds. The summed E-state index contributed by atoms with van der Waals surface area (Å²) in [6, 6.07) is 13.9. The molecule has 1 aliphatic heterocycles. The highest BCUT2D eigenvalue weighted by molar-refractivity contribution is 7.12. The van der Waals surface area contributed by atoms with Gasteiger partial charge in [0, 0.05) is 18.0 Å². The first-order valence-corrected chi connectivity index (χ1v) is 14.2. The van der Waals surface area contributed by atoms with E-state index in [-0.39, 0.29) is 24.4 Å². The number of amides is 2. The van der Waals surface area contributed by atoms with Gasteiger partial charge in [0.15, 0.2) is 0 Å². The summed E-state index contributed by atoms with van der Waals surface area (Å²) in [4.78, 5) is 32.5. The normalized spacial score (nSPS) is 17.3. The number of carbonyl (C=O) groups is 2. The molecule has 1 atom stereocenters. The van der Waals surface area contributed by atoms with Gasteiger partial charge in [0.05, 0.1) is 10.9 Å². The van der Waals surface area contributed by atoms with Crippen molar-refractivity contribution < 1.29 is 14.3 Å². The molecule has 35 heavy (non-hydrogen) atoms. The van der Waals surface area contributed by atoms with Gasteiger partial charge in [-0.25, -0.2) is 0 Å². The summed E-state index contributed by atoms with van der Waals surface area (Å²) in [5, 5.41) is 4.01. The molecule has 1 saturated carbocycles. The van der Waals surface area contributed by atoms with Gasteiger partial charge in [0.1, 0.15) is 18.9 Å². The van der Waals surface area contributed by atoms with Crippen molar-refractivity contribution in [2.24, 2.45) is 5.92 Å². The van der Waals surface area contributed by atoms with Crippen LogP contribution in [0.25, 0.3) is 0 Å². The molecular formula is C28H32N2O3S2. The average Bonchev–Trinajstić information content (AvgIpc) is 3.31. The van der Waals surface area contributed by atoms with E-state index in [0.717, 1.165) is 25.0 Å². The molecule has 2 aromatic heterocycles. The summed E-state index contributed by atoms with van der Waals surface area (Å²) < 4.78 is 6.20. The number of ether oxygens (including phenoxy) is 1. The van der Waals surface area contributed by atoms with Gasteiger partial charge >= 0.3 is 0 Å². The van der Waals surface area contributed by atoms with Crippen molar-refractivity contribution in [3.8, 4) is 5.75 Å².